The van der Waals surface area contributed by atoms with Gasteiger partial charge in [-0.05, 0) is 34.7 Å². The molecule has 0 spiro atoms. The van der Waals surface area contributed by atoms with Gasteiger partial charge in [0.1, 0.15) is 11.2 Å². The Labute approximate surface area is 104 Å². The Morgan fingerprint density at radius 3 is 2.87 bits per heavy atom. The van der Waals surface area contributed by atoms with Crippen molar-refractivity contribution in [3.8, 4) is 0 Å². The summed E-state index contributed by atoms with van der Waals surface area (Å²) in [6.07, 6.45) is 1.18. The van der Waals surface area contributed by atoms with Gasteiger partial charge >= 0.3 is 5.69 Å². The summed E-state index contributed by atoms with van der Waals surface area (Å²) in [6.45, 7) is 0. The SMILES string of the molecule is O=[N+]([O-])c1cnc2cccc(I)c2c1Cl. The minimum absolute atomic E-state index is 0.148. The van der Waals surface area contributed by atoms with Gasteiger partial charge in [-0.15, -0.1) is 0 Å². The first-order chi connectivity index (χ1) is 7.11. The molecule has 0 fully saturated rings. The highest BCUT2D eigenvalue weighted by atomic mass is 127. The third kappa shape index (κ3) is 1.76. The van der Waals surface area contributed by atoms with Crippen molar-refractivity contribution in [3.05, 3.63) is 43.1 Å². The molecule has 0 unspecified atom stereocenters. The summed E-state index contributed by atoms with van der Waals surface area (Å²) < 4.78 is 0.853. The molecule has 0 amide bonds. The van der Waals surface area contributed by atoms with Gasteiger partial charge in [-0.2, -0.15) is 0 Å². The van der Waals surface area contributed by atoms with Gasteiger partial charge in [-0.1, -0.05) is 17.7 Å². The second kappa shape index (κ2) is 3.90. The molecule has 0 saturated carbocycles. The van der Waals surface area contributed by atoms with E-state index in [2.05, 4.69) is 27.6 Å². The largest absolute Gasteiger partial charge is 0.306 e. The van der Waals surface area contributed by atoms with Crippen LogP contribution < -0.4 is 0 Å². The summed E-state index contributed by atoms with van der Waals surface area (Å²) in [5, 5.41) is 11.4. The molecule has 1 aromatic carbocycles. The summed E-state index contributed by atoms with van der Waals surface area (Å²) in [5.74, 6) is 0. The smallest absolute Gasteiger partial charge is 0.258 e. The van der Waals surface area contributed by atoms with Crippen molar-refractivity contribution in [3.63, 3.8) is 0 Å². The number of fused-ring (bicyclic) bond motifs is 1. The third-order valence-electron chi connectivity index (χ3n) is 1.96. The molecule has 1 aromatic heterocycles. The molecule has 2 rings (SSSR count). The lowest BCUT2D eigenvalue weighted by atomic mass is 10.2. The predicted molar refractivity (Wildman–Crippen MR) is 66.1 cm³/mol. The van der Waals surface area contributed by atoms with Crippen molar-refractivity contribution in [2.75, 3.05) is 0 Å². The molecule has 6 heteroatoms. The van der Waals surface area contributed by atoms with E-state index in [1.54, 1.807) is 6.07 Å². The Balaban J connectivity index is 2.89. The molecule has 0 saturated heterocycles. The Kier molecular flexibility index (Phi) is 2.74. The molecule has 0 radical (unpaired) electrons. The van der Waals surface area contributed by atoms with E-state index in [4.69, 9.17) is 11.6 Å². The van der Waals surface area contributed by atoms with Gasteiger partial charge in [0, 0.05) is 8.96 Å². The molecule has 0 aliphatic heterocycles. The average molecular weight is 334 g/mol. The second-order valence-corrected chi connectivity index (χ2v) is 4.39. The number of nitro groups is 1. The summed E-state index contributed by atoms with van der Waals surface area (Å²) >= 11 is 8.03. The van der Waals surface area contributed by atoms with Crippen LogP contribution in [0, 0.1) is 13.7 Å². The number of nitrogens with zero attached hydrogens (tertiary/aromatic N) is 2. The monoisotopic (exact) mass is 334 g/mol. The Bertz CT molecular complexity index is 559. The van der Waals surface area contributed by atoms with E-state index in [9.17, 15) is 10.1 Å². The zero-order chi connectivity index (χ0) is 11.0. The minimum Gasteiger partial charge on any atom is -0.258 e. The number of halogens is 2. The zero-order valence-electron chi connectivity index (χ0n) is 7.28. The highest BCUT2D eigenvalue weighted by molar-refractivity contribution is 14.1. The van der Waals surface area contributed by atoms with Gasteiger partial charge < -0.3 is 0 Å². The van der Waals surface area contributed by atoms with Gasteiger partial charge in [0.25, 0.3) is 0 Å². The van der Waals surface area contributed by atoms with E-state index in [1.807, 2.05) is 12.1 Å². The number of pyridine rings is 1. The summed E-state index contributed by atoms with van der Waals surface area (Å²) in [7, 11) is 0. The van der Waals surface area contributed by atoms with Crippen LogP contribution in [-0.2, 0) is 0 Å². The van der Waals surface area contributed by atoms with Crippen molar-refractivity contribution >= 4 is 50.8 Å². The van der Waals surface area contributed by atoms with Gasteiger partial charge in [0.2, 0.25) is 0 Å². The fourth-order valence-corrected chi connectivity index (χ4v) is 2.51. The molecule has 1 heterocycles. The van der Waals surface area contributed by atoms with Crippen LogP contribution in [0.25, 0.3) is 10.9 Å². The molecule has 76 valence electrons. The van der Waals surface area contributed by atoms with Crippen molar-refractivity contribution in [1.29, 1.82) is 0 Å². The van der Waals surface area contributed by atoms with Crippen molar-refractivity contribution in [1.82, 2.24) is 4.98 Å². The van der Waals surface area contributed by atoms with Crippen LogP contribution in [0.1, 0.15) is 0 Å². The van der Waals surface area contributed by atoms with E-state index in [0.717, 1.165) is 3.57 Å². The highest BCUT2D eigenvalue weighted by Crippen LogP contribution is 2.33. The molecule has 0 bridgehead atoms. The first-order valence-electron chi connectivity index (χ1n) is 3.98. The summed E-state index contributed by atoms with van der Waals surface area (Å²) in [6, 6.07) is 5.44. The standard InChI is InChI=1S/C9H4ClIN2O2/c10-9-7(13(14)15)4-12-6-3-1-2-5(11)8(6)9/h1-4H. The number of benzene rings is 1. The van der Waals surface area contributed by atoms with Crippen LogP contribution in [0.4, 0.5) is 5.69 Å². The zero-order valence-corrected chi connectivity index (χ0v) is 10.2. The molecule has 0 atom stereocenters. The van der Waals surface area contributed by atoms with Gasteiger partial charge in [0.15, 0.2) is 0 Å². The third-order valence-corrected chi connectivity index (χ3v) is 3.24. The van der Waals surface area contributed by atoms with Crippen LogP contribution >= 0.6 is 34.2 Å². The number of rotatable bonds is 1. The fourth-order valence-electron chi connectivity index (χ4n) is 1.28. The Morgan fingerprint density at radius 1 is 1.47 bits per heavy atom. The predicted octanol–water partition coefficient (Wildman–Crippen LogP) is 3.40. The van der Waals surface area contributed by atoms with E-state index < -0.39 is 4.92 Å². The van der Waals surface area contributed by atoms with Crippen LogP contribution in [0.15, 0.2) is 24.4 Å². The summed E-state index contributed by atoms with van der Waals surface area (Å²) in [4.78, 5) is 14.1. The molecular weight excluding hydrogens is 330 g/mol. The number of hydrogen-bond donors (Lipinski definition) is 0. The fraction of sp³-hybridized carbons (Fsp3) is 0. The molecular formula is C9H4ClIN2O2. The average Bonchev–Trinajstić information content (AvgIpc) is 2.17. The minimum atomic E-state index is -0.530. The van der Waals surface area contributed by atoms with Crippen LogP contribution in [0.5, 0.6) is 0 Å². The van der Waals surface area contributed by atoms with Crippen LogP contribution in [0.3, 0.4) is 0 Å². The molecule has 2 aromatic rings. The quantitative estimate of drug-likeness (QED) is 0.456. The van der Waals surface area contributed by atoms with E-state index in [-0.39, 0.29) is 10.7 Å². The Hall–Kier alpha value is -0.950. The van der Waals surface area contributed by atoms with Gasteiger partial charge in [0.05, 0.1) is 10.4 Å². The number of aromatic nitrogens is 1. The first-order valence-corrected chi connectivity index (χ1v) is 5.44. The van der Waals surface area contributed by atoms with Crippen molar-refractivity contribution < 1.29 is 4.92 Å². The van der Waals surface area contributed by atoms with E-state index >= 15 is 0 Å². The second-order valence-electron chi connectivity index (χ2n) is 2.85. The lowest BCUT2D eigenvalue weighted by Crippen LogP contribution is -1.92. The maximum Gasteiger partial charge on any atom is 0.306 e. The number of hydrogen-bond acceptors (Lipinski definition) is 3. The molecule has 4 nitrogen and oxygen atoms in total. The van der Waals surface area contributed by atoms with Gasteiger partial charge in [-0.25, -0.2) is 4.98 Å². The maximum atomic E-state index is 10.7. The topological polar surface area (TPSA) is 56.0 Å². The van der Waals surface area contributed by atoms with Crippen LogP contribution in [-0.4, -0.2) is 9.91 Å². The lowest BCUT2D eigenvalue weighted by Gasteiger charge is -2.02. The van der Waals surface area contributed by atoms with Crippen molar-refractivity contribution in [2.45, 2.75) is 0 Å². The molecule has 15 heavy (non-hydrogen) atoms. The van der Waals surface area contributed by atoms with Crippen molar-refractivity contribution in [2.24, 2.45) is 0 Å². The first kappa shape index (κ1) is 10.6. The van der Waals surface area contributed by atoms with Crippen LogP contribution in [0.2, 0.25) is 5.02 Å². The van der Waals surface area contributed by atoms with E-state index in [1.165, 1.54) is 6.20 Å². The van der Waals surface area contributed by atoms with Gasteiger partial charge in [-0.3, -0.25) is 10.1 Å². The Morgan fingerprint density at radius 2 is 2.20 bits per heavy atom. The normalized spacial score (nSPS) is 10.5. The maximum absolute atomic E-state index is 10.7. The molecule has 0 aliphatic rings. The van der Waals surface area contributed by atoms with E-state index in [0.29, 0.717) is 10.9 Å². The summed E-state index contributed by atoms with van der Waals surface area (Å²) in [5.41, 5.74) is 0.505. The highest BCUT2D eigenvalue weighted by Gasteiger charge is 2.17. The molecule has 0 N–H and O–H groups in total. The lowest BCUT2D eigenvalue weighted by molar-refractivity contribution is -0.384. The molecule has 0 aliphatic carbocycles.